The van der Waals surface area contributed by atoms with Crippen molar-refractivity contribution in [3.05, 3.63) is 121 Å². The van der Waals surface area contributed by atoms with Gasteiger partial charge in [-0.15, -0.1) is 11.3 Å². The quantitative estimate of drug-likeness (QED) is 0.186. The van der Waals surface area contributed by atoms with Crippen LogP contribution in [0.1, 0.15) is 36.4 Å². The summed E-state index contributed by atoms with van der Waals surface area (Å²) < 4.78 is 33.9. The second-order valence-electron chi connectivity index (χ2n) is 10.2. The monoisotopic (exact) mass is 629 g/mol. The van der Waals surface area contributed by atoms with E-state index in [1.54, 1.807) is 36.4 Å². The third-order valence-electron chi connectivity index (χ3n) is 7.58. The summed E-state index contributed by atoms with van der Waals surface area (Å²) in [4.78, 5) is 17.7. The molecular weight excluding hydrogens is 608 g/mol. The summed E-state index contributed by atoms with van der Waals surface area (Å²) in [6.45, 7) is 0. The summed E-state index contributed by atoms with van der Waals surface area (Å²) in [6.07, 6.45) is 4.81. The summed E-state index contributed by atoms with van der Waals surface area (Å²) in [6, 6.07) is 20.0. The van der Waals surface area contributed by atoms with Gasteiger partial charge in [0.05, 0.1) is 23.0 Å². The fourth-order valence-corrected chi connectivity index (χ4v) is 6.87. The van der Waals surface area contributed by atoms with Gasteiger partial charge in [0.25, 0.3) is 0 Å². The number of allylic oxidation sites excluding steroid dienone is 1. The standard InChI is InChI=1S/C32H22BrF2N3O2S/c33-22-8-13-28-21(15-22)16-26(31(39)40-28)27-17-41-32(36-27)38-30(19-6-11-24(35)12-7-19)25-3-1-2-20(29(25)37-38)14-18-4-9-23(34)10-5-18/h4-17,25,30H,1-3H2/b20-14+/t25-,30+/m1/s1. The number of nitrogens with zero attached hydrogens (tertiary/aromatic N) is 3. The van der Waals surface area contributed by atoms with Crippen molar-refractivity contribution in [3.8, 4) is 11.3 Å². The van der Waals surface area contributed by atoms with Crippen molar-refractivity contribution >= 4 is 55.2 Å². The molecule has 0 spiro atoms. The first kappa shape index (κ1) is 26.0. The predicted octanol–water partition coefficient (Wildman–Crippen LogP) is 8.76. The molecule has 204 valence electrons. The van der Waals surface area contributed by atoms with E-state index in [0.29, 0.717) is 22.0 Å². The smallest absolute Gasteiger partial charge is 0.345 e. The molecule has 0 saturated heterocycles. The summed E-state index contributed by atoms with van der Waals surface area (Å²) in [5.74, 6) is -0.510. The Hall–Kier alpha value is -3.95. The van der Waals surface area contributed by atoms with Crippen LogP contribution in [0.4, 0.5) is 13.9 Å². The lowest BCUT2D eigenvalue weighted by molar-refractivity contribution is 0.486. The van der Waals surface area contributed by atoms with E-state index in [-0.39, 0.29) is 23.6 Å². The molecule has 0 amide bonds. The van der Waals surface area contributed by atoms with E-state index in [4.69, 9.17) is 14.5 Å². The van der Waals surface area contributed by atoms with Gasteiger partial charge in [0.15, 0.2) is 0 Å². The number of fused-ring (bicyclic) bond motifs is 2. The molecule has 0 bridgehead atoms. The van der Waals surface area contributed by atoms with E-state index < -0.39 is 5.63 Å². The number of rotatable bonds is 4. The summed E-state index contributed by atoms with van der Waals surface area (Å²) in [7, 11) is 0. The van der Waals surface area contributed by atoms with Crippen LogP contribution >= 0.6 is 27.3 Å². The molecule has 7 rings (SSSR count). The third-order valence-corrected chi connectivity index (χ3v) is 8.91. The number of thiazole rings is 1. The molecule has 9 heteroatoms. The van der Waals surface area contributed by atoms with Gasteiger partial charge in [0, 0.05) is 21.2 Å². The molecule has 5 nitrogen and oxygen atoms in total. The Morgan fingerprint density at radius 1 is 1.00 bits per heavy atom. The lowest BCUT2D eigenvalue weighted by atomic mass is 9.77. The molecule has 2 aromatic heterocycles. The second-order valence-corrected chi connectivity index (χ2v) is 11.9. The molecule has 3 aromatic carbocycles. The van der Waals surface area contributed by atoms with Crippen molar-refractivity contribution in [1.82, 2.24) is 4.98 Å². The van der Waals surface area contributed by atoms with Crippen molar-refractivity contribution in [2.24, 2.45) is 11.0 Å². The highest BCUT2D eigenvalue weighted by molar-refractivity contribution is 9.10. The van der Waals surface area contributed by atoms with Crippen molar-refractivity contribution in [2.75, 3.05) is 5.01 Å². The normalized spacial score (nSPS) is 19.5. The molecule has 0 unspecified atom stereocenters. The molecule has 3 heterocycles. The number of anilines is 1. The molecular formula is C32H22BrF2N3O2S. The zero-order valence-corrected chi connectivity index (χ0v) is 24.0. The number of hydrazone groups is 1. The van der Waals surface area contributed by atoms with Crippen LogP contribution in [0.5, 0.6) is 0 Å². The molecule has 1 aliphatic carbocycles. The average molecular weight is 631 g/mol. The Morgan fingerprint density at radius 3 is 2.54 bits per heavy atom. The van der Waals surface area contributed by atoms with Crippen molar-refractivity contribution in [1.29, 1.82) is 0 Å². The van der Waals surface area contributed by atoms with Crippen molar-refractivity contribution in [3.63, 3.8) is 0 Å². The van der Waals surface area contributed by atoms with Gasteiger partial charge in [-0.25, -0.2) is 23.6 Å². The Labute approximate surface area is 246 Å². The minimum absolute atomic E-state index is 0.0661. The topological polar surface area (TPSA) is 58.7 Å². The third kappa shape index (κ3) is 4.93. The van der Waals surface area contributed by atoms with E-state index in [1.165, 1.54) is 35.6 Å². The van der Waals surface area contributed by atoms with Crippen LogP contribution < -0.4 is 10.6 Å². The molecule has 0 N–H and O–H groups in total. The minimum Gasteiger partial charge on any atom is -0.422 e. The van der Waals surface area contributed by atoms with Gasteiger partial charge in [-0.3, -0.25) is 0 Å². The maximum Gasteiger partial charge on any atom is 0.345 e. The number of hydrogen-bond acceptors (Lipinski definition) is 6. The number of aromatic nitrogens is 1. The van der Waals surface area contributed by atoms with Crippen LogP contribution in [0.2, 0.25) is 0 Å². The molecule has 2 aliphatic rings. The van der Waals surface area contributed by atoms with Gasteiger partial charge in [0.1, 0.15) is 17.2 Å². The highest BCUT2D eigenvalue weighted by Gasteiger charge is 2.43. The Morgan fingerprint density at radius 2 is 1.76 bits per heavy atom. The molecule has 1 aliphatic heterocycles. The second kappa shape index (κ2) is 10.5. The van der Waals surface area contributed by atoms with Crippen LogP contribution in [0.25, 0.3) is 28.3 Å². The highest BCUT2D eigenvalue weighted by Crippen LogP contribution is 2.47. The predicted molar refractivity (Wildman–Crippen MR) is 162 cm³/mol. The Kier molecular flexibility index (Phi) is 6.63. The van der Waals surface area contributed by atoms with Crippen LogP contribution in [0, 0.1) is 17.6 Å². The van der Waals surface area contributed by atoms with E-state index in [0.717, 1.165) is 51.5 Å². The summed E-state index contributed by atoms with van der Waals surface area (Å²) in [5.41, 5.74) is 4.83. The van der Waals surface area contributed by atoms with Gasteiger partial charge in [0.2, 0.25) is 5.13 Å². The molecule has 0 radical (unpaired) electrons. The Balaban J connectivity index is 1.31. The average Bonchev–Trinajstić information content (AvgIpc) is 3.61. The van der Waals surface area contributed by atoms with Crippen LogP contribution in [0.3, 0.4) is 0 Å². The van der Waals surface area contributed by atoms with Crippen LogP contribution in [0.15, 0.2) is 103 Å². The Bertz CT molecular complexity index is 1900. The molecule has 1 saturated carbocycles. The fraction of sp³-hybridized carbons (Fsp3) is 0.156. The first-order valence-corrected chi connectivity index (χ1v) is 14.9. The maximum atomic E-state index is 13.9. The number of halogens is 3. The largest absolute Gasteiger partial charge is 0.422 e. The van der Waals surface area contributed by atoms with Gasteiger partial charge < -0.3 is 4.42 Å². The van der Waals surface area contributed by atoms with Crippen LogP contribution in [-0.4, -0.2) is 10.7 Å². The number of benzene rings is 3. The van der Waals surface area contributed by atoms with Crippen molar-refractivity contribution < 1.29 is 13.2 Å². The van der Waals surface area contributed by atoms with Gasteiger partial charge in [-0.2, -0.15) is 5.10 Å². The first-order chi connectivity index (χ1) is 19.9. The summed E-state index contributed by atoms with van der Waals surface area (Å²) >= 11 is 4.87. The van der Waals surface area contributed by atoms with Gasteiger partial charge in [-0.1, -0.05) is 40.2 Å². The zero-order chi connectivity index (χ0) is 28.1. The van der Waals surface area contributed by atoms with Crippen molar-refractivity contribution in [2.45, 2.75) is 25.3 Å². The maximum absolute atomic E-state index is 13.9. The van der Waals surface area contributed by atoms with E-state index in [1.807, 2.05) is 22.5 Å². The zero-order valence-electron chi connectivity index (χ0n) is 21.6. The first-order valence-electron chi connectivity index (χ1n) is 13.2. The van der Waals surface area contributed by atoms with E-state index >= 15 is 0 Å². The lowest BCUT2D eigenvalue weighted by Crippen LogP contribution is -2.28. The minimum atomic E-state index is -0.460. The van der Waals surface area contributed by atoms with Gasteiger partial charge in [-0.05, 0) is 90.6 Å². The molecule has 1 fully saturated rings. The summed E-state index contributed by atoms with van der Waals surface area (Å²) in [5, 5.41) is 10.3. The molecule has 41 heavy (non-hydrogen) atoms. The van der Waals surface area contributed by atoms with E-state index in [9.17, 15) is 13.6 Å². The van der Waals surface area contributed by atoms with E-state index in [2.05, 4.69) is 22.0 Å². The van der Waals surface area contributed by atoms with Crippen LogP contribution in [-0.2, 0) is 0 Å². The molecule has 2 atom stereocenters. The molecule has 5 aromatic rings. The lowest BCUT2D eigenvalue weighted by Gasteiger charge is -2.29. The highest BCUT2D eigenvalue weighted by atomic mass is 79.9. The fourth-order valence-electron chi connectivity index (χ4n) is 5.68. The SMILES string of the molecule is O=c1oc2ccc(Br)cc2cc1-c1csc(N2N=C3/C(=C/c4ccc(F)cc4)CCC[C@H]3[C@@H]2c2ccc(F)cc2)n1. The van der Waals surface area contributed by atoms with Gasteiger partial charge >= 0.3 is 5.63 Å². The number of hydrogen-bond donors (Lipinski definition) is 0.